The van der Waals surface area contributed by atoms with Gasteiger partial charge in [-0.25, -0.2) is 4.98 Å². The second-order valence-corrected chi connectivity index (χ2v) is 5.51. The summed E-state index contributed by atoms with van der Waals surface area (Å²) in [4.78, 5) is 6.23. The fourth-order valence-corrected chi connectivity index (χ4v) is 2.43. The number of hydrogen-bond donors (Lipinski definition) is 2. The van der Waals surface area contributed by atoms with Crippen molar-refractivity contribution in [1.82, 2.24) is 9.88 Å². The average molecular weight is 286 g/mol. The molecule has 3 N–H and O–H groups in total. The first-order valence-electron chi connectivity index (χ1n) is 6.43. The van der Waals surface area contributed by atoms with Crippen molar-refractivity contribution in [3.05, 3.63) is 22.8 Å². The minimum atomic E-state index is -0.812. The summed E-state index contributed by atoms with van der Waals surface area (Å²) in [5.41, 5.74) is 6.32. The number of aromatic nitrogens is 1. The monoisotopic (exact) mass is 285 g/mol. The molecule has 106 valence electrons. The van der Waals surface area contributed by atoms with Crippen molar-refractivity contribution < 1.29 is 9.84 Å². The third-order valence-electron chi connectivity index (χ3n) is 3.44. The lowest BCUT2D eigenvalue weighted by Gasteiger charge is -2.37. The lowest BCUT2D eigenvalue weighted by molar-refractivity contribution is -0.0960. The normalized spacial score (nSPS) is 22.7. The number of ether oxygens (including phenoxy) is 1. The van der Waals surface area contributed by atoms with E-state index in [4.69, 9.17) is 22.1 Å². The average Bonchev–Trinajstić information content (AvgIpc) is 2.41. The Hall–Kier alpha value is -0.880. The number of nitrogen functional groups attached to an aromatic ring is 1. The molecule has 1 saturated heterocycles. The van der Waals surface area contributed by atoms with E-state index in [-0.39, 0.29) is 6.10 Å². The van der Waals surface area contributed by atoms with Gasteiger partial charge in [-0.15, -0.1) is 0 Å². The van der Waals surface area contributed by atoms with Crippen LogP contribution < -0.4 is 5.73 Å². The predicted octanol–water partition coefficient (Wildman–Crippen LogP) is 1.46. The number of hydrogen-bond acceptors (Lipinski definition) is 5. The van der Waals surface area contributed by atoms with Crippen molar-refractivity contribution in [2.45, 2.75) is 32.1 Å². The van der Waals surface area contributed by atoms with Gasteiger partial charge < -0.3 is 15.6 Å². The van der Waals surface area contributed by atoms with Gasteiger partial charge in [-0.2, -0.15) is 0 Å². The van der Waals surface area contributed by atoms with Crippen LogP contribution in [0.4, 0.5) is 5.82 Å². The third kappa shape index (κ3) is 3.36. The molecule has 2 atom stereocenters. The first-order valence-corrected chi connectivity index (χ1v) is 6.81. The highest BCUT2D eigenvalue weighted by Crippen LogP contribution is 2.28. The van der Waals surface area contributed by atoms with E-state index in [0.717, 1.165) is 6.54 Å². The van der Waals surface area contributed by atoms with Crippen molar-refractivity contribution >= 4 is 17.4 Å². The van der Waals surface area contributed by atoms with Gasteiger partial charge in [0.1, 0.15) is 18.0 Å². The van der Waals surface area contributed by atoms with Gasteiger partial charge in [0.15, 0.2) is 0 Å². The Labute approximate surface area is 118 Å². The fourth-order valence-electron chi connectivity index (χ4n) is 2.26. The number of pyridine rings is 1. The van der Waals surface area contributed by atoms with Crippen LogP contribution in [0.2, 0.25) is 5.02 Å². The Bertz CT molecular complexity index is 442. The first-order chi connectivity index (χ1) is 8.99. The Morgan fingerprint density at radius 1 is 1.58 bits per heavy atom. The highest BCUT2D eigenvalue weighted by molar-refractivity contribution is 6.30. The SMILES string of the molecule is CC(C)N1CCOC(C(O)c2cc(Cl)cnc2N)C1. The third-order valence-corrected chi connectivity index (χ3v) is 3.65. The van der Waals surface area contributed by atoms with Crippen LogP contribution in [0.25, 0.3) is 0 Å². The molecule has 2 rings (SSSR count). The number of nitrogens with two attached hydrogens (primary N) is 1. The number of nitrogens with zero attached hydrogens (tertiary/aromatic N) is 2. The quantitative estimate of drug-likeness (QED) is 0.880. The van der Waals surface area contributed by atoms with Crippen LogP contribution >= 0.6 is 11.6 Å². The summed E-state index contributed by atoms with van der Waals surface area (Å²) in [6.45, 7) is 6.41. The molecule has 5 nitrogen and oxygen atoms in total. The minimum absolute atomic E-state index is 0.294. The Morgan fingerprint density at radius 3 is 3.00 bits per heavy atom. The topological polar surface area (TPSA) is 71.6 Å². The van der Waals surface area contributed by atoms with Crippen LogP contribution in [0, 0.1) is 0 Å². The van der Waals surface area contributed by atoms with Gasteiger partial charge in [-0.3, -0.25) is 4.90 Å². The van der Waals surface area contributed by atoms with E-state index in [1.165, 1.54) is 6.20 Å². The number of aliphatic hydroxyl groups excluding tert-OH is 1. The largest absolute Gasteiger partial charge is 0.385 e. The summed E-state index contributed by atoms with van der Waals surface area (Å²) in [5.74, 6) is 0.294. The fraction of sp³-hybridized carbons (Fsp3) is 0.615. The molecule has 0 aromatic carbocycles. The Morgan fingerprint density at radius 2 is 2.32 bits per heavy atom. The Balaban J connectivity index is 2.14. The molecule has 1 aliphatic rings. The molecule has 1 aromatic heterocycles. The van der Waals surface area contributed by atoms with E-state index in [0.29, 0.717) is 35.6 Å². The zero-order valence-electron chi connectivity index (χ0n) is 11.2. The number of anilines is 1. The van der Waals surface area contributed by atoms with Gasteiger partial charge in [-0.1, -0.05) is 11.6 Å². The zero-order chi connectivity index (χ0) is 14.0. The van der Waals surface area contributed by atoms with Crippen LogP contribution in [-0.4, -0.2) is 46.8 Å². The number of morpholine rings is 1. The van der Waals surface area contributed by atoms with Crippen molar-refractivity contribution in [1.29, 1.82) is 0 Å². The van der Waals surface area contributed by atoms with Crippen LogP contribution in [0.5, 0.6) is 0 Å². The smallest absolute Gasteiger partial charge is 0.129 e. The summed E-state index contributed by atoms with van der Waals surface area (Å²) >= 11 is 5.90. The molecule has 0 radical (unpaired) electrons. The van der Waals surface area contributed by atoms with E-state index in [1.807, 2.05) is 0 Å². The molecular formula is C13H20ClN3O2. The molecule has 0 amide bonds. The number of halogens is 1. The minimum Gasteiger partial charge on any atom is -0.385 e. The van der Waals surface area contributed by atoms with Gasteiger partial charge in [0.2, 0.25) is 0 Å². The summed E-state index contributed by atoms with van der Waals surface area (Å²) in [6.07, 6.45) is 0.349. The molecule has 0 bridgehead atoms. The van der Waals surface area contributed by atoms with Crippen molar-refractivity contribution in [3.8, 4) is 0 Å². The summed E-state index contributed by atoms with van der Waals surface area (Å²) in [7, 11) is 0. The van der Waals surface area contributed by atoms with Crippen molar-refractivity contribution in [2.75, 3.05) is 25.4 Å². The number of aliphatic hydroxyl groups is 1. The molecule has 0 spiro atoms. The zero-order valence-corrected chi connectivity index (χ0v) is 12.0. The van der Waals surface area contributed by atoms with Crippen molar-refractivity contribution in [3.63, 3.8) is 0 Å². The van der Waals surface area contributed by atoms with Crippen molar-refractivity contribution in [2.24, 2.45) is 0 Å². The molecule has 0 aliphatic carbocycles. The maximum Gasteiger partial charge on any atom is 0.129 e. The molecule has 0 saturated carbocycles. The van der Waals surface area contributed by atoms with E-state index in [1.54, 1.807) is 6.07 Å². The van der Waals surface area contributed by atoms with Gasteiger partial charge in [0, 0.05) is 30.9 Å². The van der Waals surface area contributed by atoms with E-state index < -0.39 is 6.10 Å². The molecule has 1 aliphatic heterocycles. The van der Waals surface area contributed by atoms with Gasteiger partial charge in [0.05, 0.1) is 11.6 Å². The molecule has 19 heavy (non-hydrogen) atoms. The van der Waals surface area contributed by atoms with E-state index in [2.05, 4.69) is 23.7 Å². The van der Waals surface area contributed by atoms with E-state index >= 15 is 0 Å². The van der Waals surface area contributed by atoms with Crippen LogP contribution in [0.3, 0.4) is 0 Å². The summed E-state index contributed by atoms with van der Waals surface area (Å²) < 4.78 is 5.65. The summed E-state index contributed by atoms with van der Waals surface area (Å²) in [6, 6.07) is 2.07. The lowest BCUT2D eigenvalue weighted by atomic mass is 10.0. The van der Waals surface area contributed by atoms with Crippen LogP contribution in [0.15, 0.2) is 12.3 Å². The first kappa shape index (κ1) is 14.5. The molecule has 6 heteroatoms. The van der Waals surface area contributed by atoms with Crippen LogP contribution in [-0.2, 0) is 4.74 Å². The number of rotatable bonds is 3. The maximum absolute atomic E-state index is 10.4. The second-order valence-electron chi connectivity index (χ2n) is 5.07. The molecule has 2 unspecified atom stereocenters. The molecular weight excluding hydrogens is 266 g/mol. The standard InChI is InChI=1S/C13H20ClN3O2/c1-8(2)17-3-4-19-11(7-17)12(18)10-5-9(14)6-16-13(10)15/h5-6,8,11-12,18H,3-4,7H2,1-2H3,(H2,15,16). The highest BCUT2D eigenvalue weighted by atomic mass is 35.5. The Kier molecular flexibility index (Phi) is 4.62. The second kappa shape index (κ2) is 6.05. The lowest BCUT2D eigenvalue weighted by Crippen LogP contribution is -2.47. The van der Waals surface area contributed by atoms with Gasteiger partial charge >= 0.3 is 0 Å². The molecule has 1 aromatic rings. The van der Waals surface area contributed by atoms with E-state index in [9.17, 15) is 5.11 Å². The predicted molar refractivity (Wildman–Crippen MR) is 75.1 cm³/mol. The van der Waals surface area contributed by atoms with Gasteiger partial charge in [-0.05, 0) is 19.9 Å². The van der Waals surface area contributed by atoms with Gasteiger partial charge in [0.25, 0.3) is 0 Å². The molecule has 1 fully saturated rings. The van der Waals surface area contributed by atoms with Crippen LogP contribution in [0.1, 0.15) is 25.5 Å². The molecule has 2 heterocycles. The maximum atomic E-state index is 10.4. The summed E-state index contributed by atoms with van der Waals surface area (Å²) in [5, 5.41) is 10.9. The highest BCUT2D eigenvalue weighted by Gasteiger charge is 2.30.